The molecule has 1 heterocycles. The Labute approximate surface area is 80.2 Å². The summed E-state index contributed by atoms with van der Waals surface area (Å²) in [5.41, 5.74) is -0.0756. The van der Waals surface area contributed by atoms with Gasteiger partial charge in [-0.15, -0.1) is 5.10 Å². The minimum Gasteiger partial charge on any atom is -0.461 e. The van der Waals surface area contributed by atoms with Gasteiger partial charge in [0.1, 0.15) is 5.69 Å². The summed E-state index contributed by atoms with van der Waals surface area (Å²) < 4.78 is 4.65. The van der Waals surface area contributed by atoms with Crippen LogP contribution in [0.25, 0.3) is 0 Å². The Balaban J connectivity index is 2.89. The van der Waals surface area contributed by atoms with Crippen LogP contribution in [-0.2, 0) is 9.53 Å². The molecule has 74 valence electrons. The summed E-state index contributed by atoms with van der Waals surface area (Å²) in [6.07, 6.45) is 1.45. The van der Waals surface area contributed by atoms with Crippen molar-refractivity contribution in [2.45, 2.75) is 6.92 Å². The second-order valence-corrected chi connectivity index (χ2v) is 2.28. The van der Waals surface area contributed by atoms with Crippen molar-refractivity contribution in [3.05, 3.63) is 24.0 Å². The van der Waals surface area contributed by atoms with Gasteiger partial charge >= 0.3 is 5.97 Å². The Morgan fingerprint density at radius 2 is 2.50 bits per heavy atom. The molecular weight excluding hydrogens is 186 g/mol. The fourth-order valence-electron chi connectivity index (χ4n) is 0.824. The van der Waals surface area contributed by atoms with Gasteiger partial charge in [-0.1, -0.05) is 5.16 Å². The van der Waals surface area contributed by atoms with Crippen molar-refractivity contribution in [1.29, 1.82) is 0 Å². The van der Waals surface area contributed by atoms with Gasteiger partial charge in [-0.05, 0) is 19.1 Å². The van der Waals surface area contributed by atoms with Crippen molar-refractivity contribution in [2.75, 3.05) is 6.61 Å². The highest BCUT2D eigenvalue weighted by molar-refractivity contribution is 6.42. The molecule has 0 aliphatic heterocycles. The number of oxime groups is 1. The third-order valence-electron chi connectivity index (χ3n) is 1.38. The van der Waals surface area contributed by atoms with Gasteiger partial charge in [0.15, 0.2) is 0 Å². The van der Waals surface area contributed by atoms with E-state index in [1.54, 1.807) is 13.0 Å². The standard InChI is InChI=1S/C8H9N3O3/c1-2-14-8(12)7(11-13)6-4-3-5-9-10-6/h3-5,13H,2H2,1H3. The van der Waals surface area contributed by atoms with E-state index < -0.39 is 5.97 Å². The van der Waals surface area contributed by atoms with E-state index in [1.165, 1.54) is 12.3 Å². The molecular formula is C8H9N3O3. The number of hydrogen-bond donors (Lipinski definition) is 1. The zero-order chi connectivity index (χ0) is 10.4. The SMILES string of the molecule is CCOC(=O)C(=NO)c1cccnn1. The van der Waals surface area contributed by atoms with Crippen LogP contribution >= 0.6 is 0 Å². The van der Waals surface area contributed by atoms with Crippen LogP contribution in [-0.4, -0.2) is 33.7 Å². The summed E-state index contributed by atoms with van der Waals surface area (Å²) in [6, 6.07) is 3.08. The number of esters is 1. The van der Waals surface area contributed by atoms with Gasteiger partial charge in [0, 0.05) is 6.20 Å². The lowest BCUT2D eigenvalue weighted by atomic mass is 10.2. The van der Waals surface area contributed by atoms with Crippen molar-refractivity contribution >= 4 is 11.7 Å². The minimum absolute atomic E-state index is 0.174. The van der Waals surface area contributed by atoms with E-state index in [0.717, 1.165) is 0 Å². The third-order valence-corrected chi connectivity index (χ3v) is 1.38. The van der Waals surface area contributed by atoms with Gasteiger partial charge in [-0.2, -0.15) is 5.10 Å². The topological polar surface area (TPSA) is 84.7 Å². The van der Waals surface area contributed by atoms with Crippen molar-refractivity contribution < 1.29 is 14.7 Å². The molecule has 0 unspecified atom stereocenters. The summed E-state index contributed by atoms with van der Waals surface area (Å²) in [4.78, 5) is 11.2. The summed E-state index contributed by atoms with van der Waals surface area (Å²) in [7, 11) is 0. The lowest BCUT2D eigenvalue weighted by Gasteiger charge is -2.01. The van der Waals surface area contributed by atoms with Gasteiger partial charge in [0.25, 0.3) is 0 Å². The molecule has 1 rings (SSSR count). The van der Waals surface area contributed by atoms with Gasteiger partial charge < -0.3 is 9.94 Å². The second kappa shape index (κ2) is 4.90. The maximum Gasteiger partial charge on any atom is 0.362 e. The van der Waals surface area contributed by atoms with Crippen LogP contribution in [0.4, 0.5) is 0 Å². The largest absolute Gasteiger partial charge is 0.461 e. The van der Waals surface area contributed by atoms with E-state index in [2.05, 4.69) is 20.1 Å². The lowest BCUT2D eigenvalue weighted by molar-refractivity contribution is -0.135. The van der Waals surface area contributed by atoms with Crippen LogP contribution < -0.4 is 0 Å². The molecule has 0 atom stereocenters. The zero-order valence-electron chi connectivity index (χ0n) is 7.54. The average Bonchev–Trinajstić information content (AvgIpc) is 2.21. The van der Waals surface area contributed by atoms with E-state index in [1.807, 2.05) is 0 Å². The molecule has 0 radical (unpaired) electrons. The minimum atomic E-state index is -0.726. The predicted octanol–water partition coefficient (Wildman–Crippen LogP) is 0.218. The van der Waals surface area contributed by atoms with Crippen LogP contribution in [0.15, 0.2) is 23.5 Å². The Kier molecular flexibility index (Phi) is 3.54. The molecule has 6 nitrogen and oxygen atoms in total. The smallest absolute Gasteiger partial charge is 0.362 e. The van der Waals surface area contributed by atoms with E-state index in [4.69, 9.17) is 5.21 Å². The number of hydrogen-bond acceptors (Lipinski definition) is 6. The quantitative estimate of drug-likeness (QED) is 0.322. The Bertz CT molecular complexity index is 337. The van der Waals surface area contributed by atoms with E-state index >= 15 is 0 Å². The fourth-order valence-corrected chi connectivity index (χ4v) is 0.824. The first-order valence-corrected chi connectivity index (χ1v) is 3.96. The summed E-state index contributed by atoms with van der Waals surface area (Å²) in [5, 5.41) is 18.6. The summed E-state index contributed by atoms with van der Waals surface area (Å²) in [5.74, 6) is -0.726. The van der Waals surface area contributed by atoms with Crippen LogP contribution in [0.5, 0.6) is 0 Å². The molecule has 0 saturated carbocycles. The molecule has 0 spiro atoms. The molecule has 6 heteroatoms. The van der Waals surface area contributed by atoms with E-state index in [0.29, 0.717) is 0 Å². The molecule has 0 bridgehead atoms. The van der Waals surface area contributed by atoms with Gasteiger partial charge in [-0.3, -0.25) is 0 Å². The predicted molar refractivity (Wildman–Crippen MR) is 47.0 cm³/mol. The highest BCUT2D eigenvalue weighted by Crippen LogP contribution is 1.97. The molecule has 0 aliphatic rings. The van der Waals surface area contributed by atoms with Gasteiger partial charge in [0.05, 0.1) is 6.61 Å². The number of carbonyl (C=O) groups is 1. The monoisotopic (exact) mass is 195 g/mol. The maximum absolute atomic E-state index is 11.2. The Morgan fingerprint density at radius 3 is 3.00 bits per heavy atom. The summed E-state index contributed by atoms with van der Waals surface area (Å²) >= 11 is 0. The van der Waals surface area contributed by atoms with Crippen molar-refractivity contribution in [3.63, 3.8) is 0 Å². The molecule has 14 heavy (non-hydrogen) atoms. The van der Waals surface area contributed by atoms with Gasteiger partial charge in [0.2, 0.25) is 5.71 Å². The number of aromatic nitrogens is 2. The number of nitrogens with zero attached hydrogens (tertiary/aromatic N) is 3. The fraction of sp³-hybridized carbons (Fsp3) is 0.250. The Hall–Kier alpha value is -1.98. The number of rotatable bonds is 3. The molecule has 0 aliphatic carbocycles. The molecule has 0 fully saturated rings. The highest BCUT2D eigenvalue weighted by atomic mass is 16.5. The van der Waals surface area contributed by atoms with Crippen molar-refractivity contribution in [3.8, 4) is 0 Å². The van der Waals surface area contributed by atoms with E-state index in [-0.39, 0.29) is 18.0 Å². The zero-order valence-corrected chi connectivity index (χ0v) is 7.54. The number of ether oxygens (including phenoxy) is 1. The van der Waals surface area contributed by atoms with E-state index in [9.17, 15) is 4.79 Å². The molecule has 0 aromatic carbocycles. The first-order valence-electron chi connectivity index (χ1n) is 3.96. The maximum atomic E-state index is 11.2. The molecule has 1 N–H and O–H groups in total. The van der Waals surface area contributed by atoms with Crippen LogP contribution in [0.2, 0.25) is 0 Å². The lowest BCUT2D eigenvalue weighted by Crippen LogP contribution is -2.20. The second-order valence-electron chi connectivity index (χ2n) is 2.28. The molecule has 0 amide bonds. The first-order chi connectivity index (χ1) is 6.79. The highest BCUT2D eigenvalue weighted by Gasteiger charge is 2.17. The normalized spacial score (nSPS) is 11.1. The molecule has 0 saturated heterocycles. The van der Waals surface area contributed by atoms with Crippen molar-refractivity contribution in [1.82, 2.24) is 10.2 Å². The molecule has 1 aromatic heterocycles. The van der Waals surface area contributed by atoms with Crippen LogP contribution in [0.3, 0.4) is 0 Å². The first kappa shape index (κ1) is 10.1. The number of carbonyl (C=O) groups excluding carboxylic acids is 1. The van der Waals surface area contributed by atoms with Crippen LogP contribution in [0, 0.1) is 0 Å². The van der Waals surface area contributed by atoms with Crippen molar-refractivity contribution in [2.24, 2.45) is 5.16 Å². The van der Waals surface area contributed by atoms with Crippen LogP contribution in [0.1, 0.15) is 12.6 Å². The summed E-state index contributed by atoms with van der Waals surface area (Å²) in [6.45, 7) is 1.86. The average molecular weight is 195 g/mol. The Morgan fingerprint density at radius 1 is 1.71 bits per heavy atom. The molecule has 1 aromatic rings. The third kappa shape index (κ3) is 2.25. The van der Waals surface area contributed by atoms with Gasteiger partial charge in [-0.25, -0.2) is 4.79 Å².